The topological polar surface area (TPSA) is 80.0 Å². The fourth-order valence-electron chi connectivity index (χ4n) is 2.48. The number of hydrogen-bond acceptors (Lipinski definition) is 4. The van der Waals surface area contributed by atoms with E-state index in [2.05, 4.69) is 15.6 Å². The number of nitrogens with zero attached hydrogens (tertiary/aromatic N) is 3. The molecule has 0 saturated heterocycles. The van der Waals surface area contributed by atoms with E-state index in [-0.39, 0.29) is 11.7 Å². The highest BCUT2D eigenvalue weighted by Crippen LogP contribution is 2.14. The van der Waals surface area contributed by atoms with Crippen LogP contribution in [0.15, 0.2) is 42.5 Å². The Labute approximate surface area is 133 Å². The molecule has 0 saturated carbocycles. The minimum absolute atomic E-state index is 0.141. The van der Waals surface area contributed by atoms with E-state index < -0.39 is 0 Å². The summed E-state index contributed by atoms with van der Waals surface area (Å²) in [6.07, 6.45) is 0.661. The van der Waals surface area contributed by atoms with Crippen LogP contribution in [0.5, 0.6) is 5.75 Å². The molecule has 0 unspecified atom stereocenters. The lowest BCUT2D eigenvalue weighted by Crippen LogP contribution is -2.25. The van der Waals surface area contributed by atoms with Crippen LogP contribution in [0.25, 0.3) is 11.0 Å². The number of fused-ring (bicyclic) bond motifs is 1. The number of amides is 1. The number of phenolic OH excluding ortho intramolecular Hbond substituents is 1. The lowest BCUT2D eigenvalue weighted by atomic mass is 10.1. The third-order valence-corrected chi connectivity index (χ3v) is 3.69. The Morgan fingerprint density at radius 2 is 2.13 bits per heavy atom. The van der Waals surface area contributed by atoms with Gasteiger partial charge < -0.3 is 10.4 Å². The van der Waals surface area contributed by atoms with Gasteiger partial charge in [0.25, 0.3) is 5.91 Å². The summed E-state index contributed by atoms with van der Waals surface area (Å²) in [6.45, 7) is 3.24. The van der Waals surface area contributed by atoms with E-state index in [1.54, 1.807) is 35.0 Å². The van der Waals surface area contributed by atoms with E-state index >= 15 is 0 Å². The summed E-state index contributed by atoms with van der Waals surface area (Å²) in [5.41, 5.74) is 3.18. The number of phenols is 1. The van der Waals surface area contributed by atoms with Crippen LogP contribution in [0, 0.1) is 0 Å². The smallest absolute Gasteiger partial charge is 0.251 e. The molecule has 6 nitrogen and oxygen atoms in total. The normalized spacial score (nSPS) is 10.8. The summed E-state index contributed by atoms with van der Waals surface area (Å²) < 4.78 is 1.79. The molecular weight excluding hydrogens is 292 g/mol. The summed E-state index contributed by atoms with van der Waals surface area (Å²) >= 11 is 0. The van der Waals surface area contributed by atoms with E-state index in [0.29, 0.717) is 24.0 Å². The van der Waals surface area contributed by atoms with Gasteiger partial charge in [0.2, 0.25) is 0 Å². The van der Waals surface area contributed by atoms with Crippen molar-refractivity contribution in [1.82, 2.24) is 20.3 Å². The SMILES string of the molecule is CCn1nnc2cc(C(=O)NCCc3cccc(O)c3)ccc21. The molecule has 1 aromatic heterocycles. The minimum atomic E-state index is -0.141. The second kappa shape index (κ2) is 6.48. The number of aromatic nitrogens is 3. The molecule has 2 aromatic carbocycles. The van der Waals surface area contributed by atoms with E-state index in [4.69, 9.17) is 0 Å². The number of aromatic hydroxyl groups is 1. The Morgan fingerprint density at radius 1 is 1.26 bits per heavy atom. The quantitative estimate of drug-likeness (QED) is 0.756. The van der Waals surface area contributed by atoms with Crippen molar-refractivity contribution in [2.45, 2.75) is 19.9 Å². The van der Waals surface area contributed by atoms with Gasteiger partial charge in [-0.15, -0.1) is 5.10 Å². The first-order chi connectivity index (χ1) is 11.2. The van der Waals surface area contributed by atoms with Crippen LogP contribution in [0.4, 0.5) is 0 Å². The maximum Gasteiger partial charge on any atom is 0.251 e. The standard InChI is InChI=1S/C17H18N4O2/c1-2-21-16-7-6-13(11-15(16)19-20-21)17(23)18-9-8-12-4-3-5-14(22)10-12/h3-7,10-11,22H,2,8-9H2,1H3,(H,18,23). The average Bonchev–Trinajstić information content (AvgIpc) is 2.97. The van der Waals surface area contributed by atoms with Crippen molar-refractivity contribution >= 4 is 16.9 Å². The van der Waals surface area contributed by atoms with Crippen LogP contribution in [-0.4, -0.2) is 32.6 Å². The predicted molar refractivity (Wildman–Crippen MR) is 87.3 cm³/mol. The Morgan fingerprint density at radius 3 is 2.91 bits per heavy atom. The summed E-state index contributed by atoms with van der Waals surface area (Å²) in [4.78, 5) is 12.2. The minimum Gasteiger partial charge on any atom is -0.508 e. The summed E-state index contributed by atoms with van der Waals surface area (Å²) in [6, 6.07) is 12.4. The molecule has 0 bridgehead atoms. The van der Waals surface area contributed by atoms with Crippen LogP contribution >= 0.6 is 0 Å². The third-order valence-electron chi connectivity index (χ3n) is 3.69. The molecule has 2 N–H and O–H groups in total. The van der Waals surface area contributed by atoms with Crippen molar-refractivity contribution in [2.75, 3.05) is 6.54 Å². The lowest BCUT2D eigenvalue weighted by molar-refractivity contribution is 0.0954. The Bertz CT molecular complexity index is 841. The zero-order valence-corrected chi connectivity index (χ0v) is 12.9. The van der Waals surface area contributed by atoms with Gasteiger partial charge in [-0.25, -0.2) is 4.68 Å². The summed E-state index contributed by atoms with van der Waals surface area (Å²) in [5.74, 6) is 0.0939. The van der Waals surface area contributed by atoms with Gasteiger partial charge in [-0.1, -0.05) is 17.3 Å². The first-order valence-electron chi connectivity index (χ1n) is 7.56. The lowest BCUT2D eigenvalue weighted by Gasteiger charge is -2.06. The van der Waals surface area contributed by atoms with Gasteiger partial charge >= 0.3 is 0 Å². The van der Waals surface area contributed by atoms with E-state index in [1.807, 2.05) is 19.1 Å². The number of carbonyl (C=O) groups excluding carboxylic acids is 1. The largest absolute Gasteiger partial charge is 0.508 e. The molecule has 118 valence electrons. The first kappa shape index (κ1) is 15.0. The van der Waals surface area contributed by atoms with Crippen molar-refractivity contribution in [3.05, 3.63) is 53.6 Å². The van der Waals surface area contributed by atoms with Gasteiger partial charge in [0.1, 0.15) is 11.3 Å². The van der Waals surface area contributed by atoms with E-state index in [0.717, 1.165) is 17.6 Å². The molecular formula is C17H18N4O2. The Kier molecular flexibility index (Phi) is 4.23. The maximum atomic E-state index is 12.2. The molecule has 0 aliphatic carbocycles. The molecule has 0 atom stereocenters. The van der Waals surface area contributed by atoms with Gasteiger partial charge in [-0.05, 0) is 49.2 Å². The fraction of sp³-hybridized carbons (Fsp3) is 0.235. The first-order valence-corrected chi connectivity index (χ1v) is 7.56. The van der Waals surface area contributed by atoms with Crippen LogP contribution in [0.3, 0.4) is 0 Å². The molecule has 6 heteroatoms. The van der Waals surface area contributed by atoms with Crippen LogP contribution in [0.2, 0.25) is 0 Å². The highest BCUT2D eigenvalue weighted by molar-refractivity contribution is 5.97. The van der Waals surface area contributed by atoms with Gasteiger partial charge in [-0.3, -0.25) is 4.79 Å². The summed E-state index contributed by atoms with van der Waals surface area (Å²) in [5, 5.41) is 20.4. The molecule has 3 aromatic rings. The van der Waals surface area contributed by atoms with Crippen LogP contribution < -0.4 is 5.32 Å². The number of rotatable bonds is 5. The molecule has 23 heavy (non-hydrogen) atoms. The Balaban J connectivity index is 1.64. The monoisotopic (exact) mass is 310 g/mol. The highest BCUT2D eigenvalue weighted by Gasteiger charge is 2.09. The van der Waals surface area contributed by atoms with Crippen LogP contribution in [0.1, 0.15) is 22.8 Å². The van der Waals surface area contributed by atoms with Crippen molar-refractivity contribution in [2.24, 2.45) is 0 Å². The zero-order chi connectivity index (χ0) is 16.2. The van der Waals surface area contributed by atoms with Gasteiger partial charge in [-0.2, -0.15) is 0 Å². The second-order valence-electron chi connectivity index (χ2n) is 5.28. The fourth-order valence-corrected chi connectivity index (χ4v) is 2.48. The van der Waals surface area contributed by atoms with E-state index in [9.17, 15) is 9.90 Å². The Hall–Kier alpha value is -2.89. The van der Waals surface area contributed by atoms with Gasteiger partial charge in [0.05, 0.1) is 5.52 Å². The van der Waals surface area contributed by atoms with Crippen molar-refractivity contribution < 1.29 is 9.90 Å². The molecule has 0 aliphatic rings. The predicted octanol–water partition coefficient (Wildman–Crippen LogP) is 2.13. The van der Waals surface area contributed by atoms with Crippen molar-refractivity contribution in [3.8, 4) is 5.75 Å². The molecule has 3 rings (SSSR count). The van der Waals surface area contributed by atoms with E-state index in [1.165, 1.54) is 0 Å². The molecule has 0 fully saturated rings. The highest BCUT2D eigenvalue weighted by atomic mass is 16.3. The third kappa shape index (κ3) is 3.31. The average molecular weight is 310 g/mol. The van der Waals surface area contributed by atoms with Crippen LogP contribution in [-0.2, 0) is 13.0 Å². The number of benzene rings is 2. The number of nitrogens with one attached hydrogen (secondary N) is 1. The number of hydrogen-bond donors (Lipinski definition) is 2. The number of carbonyl (C=O) groups is 1. The second-order valence-corrected chi connectivity index (χ2v) is 5.28. The molecule has 1 amide bonds. The molecule has 0 aliphatic heterocycles. The maximum absolute atomic E-state index is 12.2. The molecule has 0 radical (unpaired) electrons. The summed E-state index contributed by atoms with van der Waals surface area (Å²) in [7, 11) is 0. The van der Waals surface area contributed by atoms with Gasteiger partial charge in [0, 0.05) is 18.7 Å². The van der Waals surface area contributed by atoms with Crippen molar-refractivity contribution in [1.29, 1.82) is 0 Å². The molecule has 1 heterocycles. The number of aryl methyl sites for hydroxylation is 1. The zero-order valence-electron chi connectivity index (χ0n) is 12.9. The molecule has 0 spiro atoms. The van der Waals surface area contributed by atoms with Crippen molar-refractivity contribution in [3.63, 3.8) is 0 Å². The van der Waals surface area contributed by atoms with Gasteiger partial charge in [0.15, 0.2) is 0 Å².